The number of aliphatic hydroxyl groups excluding tert-OH is 1. The molecule has 0 bridgehead atoms. The monoisotopic (exact) mass is 345 g/mol. The summed E-state index contributed by atoms with van der Waals surface area (Å²) in [6.45, 7) is 2.81. The minimum absolute atomic E-state index is 0.256. The van der Waals surface area contributed by atoms with E-state index < -0.39 is 6.10 Å². The lowest BCUT2D eigenvalue weighted by atomic mass is 10.2. The van der Waals surface area contributed by atoms with Crippen molar-refractivity contribution in [1.29, 1.82) is 0 Å². The number of hydrogen-bond acceptors (Lipinski definition) is 5. The quantitative estimate of drug-likeness (QED) is 0.678. The molecule has 0 saturated carbocycles. The van der Waals surface area contributed by atoms with E-state index >= 15 is 0 Å². The SMILES string of the molecule is COCCN(Cc1cccc(OC)c1)C[C@@H](O)COc1ccccc1. The van der Waals surface area contributed by atoms with Crippen LogP contribution < -0.4 is 9.47 Å². The first-order chi connectivity index (χ1) is 12.2. The molecule has 0 heterocycles. The summed E-state index contributed by atoms with van der Waals surface area (Å²) in [6.07, 6.45) is -0.581. The Bertz CT molecular complexity index is 606. The molecular weight excluding hydrogens is 318 g/mol. The molecule has 0 amide bonds. The zero-order valence-corrected chi connectivity index (χ0v) is 14.9. The summed E-state index contributed by atoms with van der Waals surface area (Å²) in [4.78, 5) is 2.15. The number of rotatable bonds is 11. The van der Waals surface area contributed by atoms with Crippen molar-refractivity contribution < 1.29 is 19.3 Å². The van der Waals surface area contributed by atoms with E-state index in [-0.39, 0.29) is 6.61 Å². The fourth-order valence-corrected chi connectivity index (χ4v) is 2.54. The Labute approximate surface area is 149 Å². The molecule has 5 heteroatoms. The summed E-state index contributed by atoms with van der Waals surface area (Å²) >= 11 is 0. The molecular formula is C20H27NO4. The van der Waals surface area contributed by atoms with Gasteiger partial charge in [-0.2, -0.15) is 0 Å². The van der Waals surface area contributed by atoms with Gasteiger partial charge in [0.25, 0.3) is 0 Å². The van der Waals surface area contributed by atoms with Crippen LogP contribution in [0.3, 0.4) is 0 Å². The van der Waals surface area contributed by atoms with Gasteiger partial charge in [-0.1, -0.05) is 30.3 Å². The highest BCUT2D eigenvalue weighted by atomic mass is 16.5. The lowest BCUT2D eigenvalue weighted by Gasteiger charge is -2.25. The Morgan fingerprint density at radius 1 is 1.00 bits per heavy atom. The first kappa shape index (κ1) is 19.2. The van der Waals surface area contributed by atoms with Gasteiger partial charge in [-0.3, -0.25) is 4.90 Å². The molecule has 5 nitrogen and oxygen atoms in total. The van der Waals surface area contributed by atoms with Crippen LogP contribution >= 0.6 is 0 Å². The second kappa shape index (κ2) is 10.7. The highest BCUT2D eigenvalue weighted by molar-refractivity contribution is 5.28. The van der Waals surface area contributed by atoms with Crippen molar-refractivity contribution in [2.45, 2.75) is 12.6 Å². The average Bonchev–Trinajstić information content (AvgIpc) is 2.65. The van der Waals surface area contributed by atoms with E-state index in [4.69, 9.17) is 14.2 Å². The van der Waals surface area contributed by atoms with Crippen molar-refractivity contribution in [1.82, 2.24) is 4.90 Å². The van der Waals surface area contributed by atoms with Gasteiger partial charge in [-0.05, 0) is 29.8 Å². The van der Waals surface area contributed by atoms with E-state index in [1.807, 2.05) is 48.5 Å². The Balaban J connectivity index is 1.89. The van der Waals surface area contributed by atoms with E-state index in [2.05, 4.69) is 11.0 Å². The highest BCUT2D eigenvalue weighted by Crippen LogP contribution is 2.15. The highest BCUT2D eigenvalue weighted by Gasteiger charge is 2.13. The predicted octanol–water partition coefficient (Wildman–Crippen LogP) is 2.58. The second-order valence-electron chi connectivity index (χ2n) is 5.86. The lowest BCUT2D eigenvalue weighted by Crippen LogP contribution is -2.37. The molecule has 0 aliphatic heterocycles. The topological polar surface area (TPSA) is 51.2 Å². The number of aliphatic hydroxyl groups is 1. The molecule has 0 aromatic heterocycles. The van der Waals surface area contributed by atoms with Crippen LogP contribution in [-0.2, 0) is 11.3 Å². The molecule has 2 aromatic carbocycles. The van der Waals surface area contributed by atoms with Crippen molar-refractivity contribution in [2.24, 2.45) is 0 Å². The average molecular weight is 345 g/mol. The molecule has 0 saturated heterocycles. The first-order valence-corrected chi connectivity index (χ1v) is 8.41. The van der Waals surface area contributed by atoms with E-state index in [0.29, 0.717) is 19.7 Å². The fraction of sp³-hybridized carbons (Fsp3) is 0.400. The van der Waals surface area contributed by atoms with Crippen LogP contribution in [0, 0.1) is 0 Å². The molecule has 0 fully saturated rings. The summed E-state index contributed by atoms with van der Waals surface area (Å²) in [5.41, 5.74) is 1.13. The summed E-state index contributed by atoms with van der Waals surface area (Å²) in [5.74, 6) is 1.59. The molecule has 0 spiro atoms. The van der Waals surface area contributed by atoms with Gasteiger partial charge in [0.1, 0.15) is 24.2 Å². The summed E-state index contributed by atoms with van der Waals surface area (Å²) in [7, 11) is 3.34. The van der Waals surface area contributed by atoms with Crippen molar-refractivity contribution >= 4 is 0 Å². The molecule has 136 valence electrons. The van der Waals surface area contributed by atoms with Crippen molar-refractivity contribution in [2.75, 3.05) is 40.5 Å². The fourth-order valence-electron chi connectivity index (χ4n) is 2.54. The third-order valence-electron chi connectivity index (χ3n) is 3.81. The number of benzene rings is 2. The van der Waals surface area contributed by atoms with Crippen LogP contribution in [-0.4, -0.2) is 56.6 Å². The number of para-hydroxylation sites is 1. The molecule has 2 aromatic rings. The summed E-state index contributed by atoms with van der Waals surface area (Å²) in [6, 6.07) is 17.5. The van der Waals surface area contributed by atoms with Crippen LogP contribution in [0.5, 0.6) is 11.5 Å². The maximum absolute atomic E-state index is 10.3. The smallest absolute Gasteiger partial charge is 0.119 e. The Hall–Kier alpha value is -2.08. The second-order valence-corrected chi connectivity index (χ2v) is 5.86. The Morgan fingerprint density at radius 3 is 2.48 bits per heavy atom. The van der Waals surface area contributed by atoms with Crippen LogP contribution in [0.4, 0.5) is 0 Å². The molecule has 1 atom stereocenters. The first-order valence-electron chi connectivity index (χ1n) is 8.41. The molecule has 0 aliphatic carbocycles. The van der Waals surface area contributed by atoms with Crippen molar-refractivity contribution in [3.05, 3.63) is 60.2 Å². The Morgan fingerprint density at radius 2 is 1.76 bits per heavy atom. The van der Waals surface area contributed by atoms with Gasteiger partial charge in [0.05, 0.1) is 13.7 Å². The molecule has 0 radical (unpaired) electrons. The maximum atomic E-state index is 10.3. The molecule has 0 unspecified atom stereocenters. The van der Waals surface area contributed by atoms with Gasteiger partial charge >= 0.3 is 0 Å². The predicted molar refractivity (Wildman–Crippen MR) is 98.1 cm³/mol. The van der Waals surface area contributed by atoms with Gasteiger partial charge in [0.2, 0.25) is 0 Å². The lowest BCUT2D eigenvalue weighted by molar-refractivity contribution is 0.0542. The van der Waals surface area contributed by atoms with Crippen LogP contribution in [0.25, 0.3) is 0 Å². The normalized spacial score (nSPS) is 12.2. The van der Waals surface area contributed by atoms with Crippen molar-refractivity contribution in [3.8, 4) is 11.5 Å². The van der Waals surface area contributed by atoms with E-state index in [0.717, 1.165) is 23.6 Å². The van der Waals surface area contributed by atoms with E-state index in [1.54, 1.807) is 14.2 Å². The van der Waals surface area contributed by atoms with Crippen LogP contribution in [0.2, 0.25) is 0 Å². The van der Waals surface area contributed by atoms with Gasteiger partial charge in [-0.25, -0.2) is 0 Å². The van der Waals surface area contributed by atoms with Crippen LogP contribution in [0.1, 0.15) is 5.56 Å². The van der Waals surface area contributed by atoms with E-state index in [9.17, 15) is 5.11 Å². The standard InChI is InChI=1S/C20H27NO4/c1-23-12-11-21(14-17-7-6-10-20(13-17)24-2)15-18(22)16-25-19-8-4-3-5-9-19/h3-10,13,18,22H,11-12,14-16H2,1-2H3/t18-/m1/s1. The molecule has 0 aliphatic rings. The maximum Gasteiger partial charge on any atom is 0.119 e. The molecule has 2 rings (SSSR count). The summed E-state index contributed by atoms with van der Waals surface area (Å²) < 4.78 is 16.1. The zero-order chi connectivity index (χ0) is 17.9. The minimum atomic E-state index is -0.581. The number of ether oxygens (including phenoxy) is 3. The van der Waals surface area contributed by atoms with Gasteiger partial charge in [-0.15, -0.1) is 0 Å². The minimum Gasteiger partial charge on any atom is -0.497 e. The number of hydrogen-bond donors (Lipinski definition) is 1. The van der Waals surface area contributed by atoms with Gasteiger partial charge in [0, 0.05) is 26.7 Å². The Kier molecular flexibility index (Phi) is 8.25. The molecule has 25 heavy (non-hydrogen) atoms. The summed E-state index contributed by atoms with van der Waals surface area (Å²) in [5, 5.41) is 10.3. The van der Waals surface area contributed by atoms with Gasteiger partial charge in [0.15, 0.2) is 0 Å². The third-order valence-corrected chi connectivity index (χ3v) is 3.81. The molecule has 1 N–H and O–H groups in total. The van der Waals surface area contributed by atoms with E-state index in [1.165, 1.54) is 0 Å². The zero-order valence-electron chi connectivity index (χ0n) is 14.9. The van der Waals surface area contributed by atoms with Crippen molar-refractivity contribution in [3.63, 3.8) is 0 Å². The number of methoxy groups -OCH3 is 2. The number of nitrogens with zero attached hydrogens (tertiary/aromatic N) is 1. The van der Waals surface area contributed by atoms with Gasteiger partial charge < -0.3 is 19.3 Å². The third kappa shape index (κ3) is 7.13. The largest absolute Gasteiger partial charge is 0.497 e. The van der Waals surface area contributed by atoms with Crippen LogP contribution in [0.15, 0.2) is 54.6 Å².